The molecule has 0 bridgehead atoms. The van der Waals surface area contributed by atoms with E-state index in [0.29, 0.717) is 6.42 Å². The molecule has 10 heavy (non-hydrogen) atoms. The molecule has 4 nitrogen and oxygen atoms in total. The second kappa shape index (κ2) is 11.2. The third kappa shape index (κ3) is 15.7. The molecule has 0 atom stereocenters. The monoisotopic (exact) mass is 152 g/mol. The zero-order valence-electron chi connectivity index (χ0n) is 6.18. The average molecular weight is 152 g/mol. The molecule has 0 heterocycles. The van der Waals surface area contributed by atoms with Crippen molar-refractivity contribution in [3.63, 3.8) is 0 Å². The van der Waals surface area contributed by atoms with Crippen LogP contribution in [0.15, 0.2) is 0 Å². The Kier molecular flexibility index (Phi) is 18.2. The van der Waals surface area contributed by atoms with E-state index in [1.54, 1.807) is 0 Å². The topological polar surface area (TPSA) is 100 Å². The van der Waals surface area contributed by atoms with Gasteiger partial charge in [0.05, 0.1) is 0 Å². The Bertz CT molecular complexity index is 72.1. The summed E-state index contributed by atoms with van der Waals surface area (Å²) < 4.78 is 0. The fraction of sp³-hybridized carbons (Fsp3) is 0.833. The van der Waals surface area contributed by atoms with Crippen molar-refractivity contribution < 1.29 is 20.9 Å². The highest BCUT2D eigenvalue weighted by Gasteiger charge is 1.92. The summed E-state index contributed by atoms with van der Waals surface area (Å²) in [6, 6.07) is 0. The molecule has 0 aliphatic heterocycles. The fourth-order valence-electron chi connectivity index (χ4n) is 0.526. The Labute approximate surface area is 60.5 Å². The van der Waals surface area contributed by atoms with Crippen LogP contribution in [0.3, 0.4) is 0 Å². The van der Waals surface area contributed by atoms with Gasteiger partial charge in [-0.25, -0.2) is 0 Å². The first-order valence-corrected chi connectivity index (χ1v) is 2.99. The van der Waals surface area contributed by atoms with Crippen LogP contribution in [0.1, 0.15) is 32.6 Å². The summed E-state index contributed by atoms with van der Waals surface area (Å²) in [6.45, 7) is 2.06. The van der Waals surface area contributed by atoms with Crippen LogP contribution in [0, 0.1) is 0 Å². The van der Waals surface area contributed by atoms with Crippen LogP contribution < -0.4 is 0 Å². The van der Waals surface area contributed by atoms with Gasteiger partial charge < -0.3 is 16.1 Å². The first kappa shape index (κ1) is 16.2. The molecule has 0 aromatic heterocycles. The van der Waals surface area contributed by atoms with Crippen molar-refractivity contribution in [1.29, 1.82) is 0 Å². The van der Waals surface area contributed by atoms with E-state index in [4.69, 9.17) is 5.11 Å². The summed E-state index contributed by atoms with van der Waals surface area (Å²) in [5, 5.41) is 8.14. The number of carboxylic acids is 1. The highest BCUT2D eigenvalue weighted by atomic mass is 16.4. The van der Waals surface area contributed by atoms with Crippen molar-refractivity contribution in [1.82, 2.24) is 0 Å². The maximum Gasteiger partial charge on any atom is 0.303 e. The molecule has 0 aromatic rings. The smallest absolute Gasteiger partial charge is 0.303 e. The third-order valence-corrected chi connectivity index (χ3v) is 0.994. The maximum absolute atomic E-state index is 9.87. The van der Waals surface area contributed by atoms with Gasteiger partial charge in [0.15, 0.2) is 0 Å². The van der Waals surface area contributed by atoms with E-state index in [1.807, 2.05) is 0 Å². The summed E-state index contributed by atoms with van der Waals surface area (Å²) in [4.78, 5) is 9.87. The number of rotatable bonds is 4. The maximum atomic E-state index is 9.87. The number of carbonyl (C=O) groups is 1. The van der Waals surface area contributed by atoms with Crippen LogP contribution in [0.5, 0.6) is 0 Å². The summed E-state index contributed by atoms with van der Waals surface area (Å²) in [7, 11) is 0. The van der Waals surface area contributed by atoms with Crippen LogP contribution in [0.2, 0.25) is 0 Å². The lowest BCUT2D eigenvalue weighted by Gasteiger charge is -1.89. The van der Waals surface area contributed by atoms with Gasteiger partial charge in [0, 0.05) is 6.42 Å². The minimum atomic E-state index is -0.682. The van der Waals surface area contributed by atoms with Gasteiger partial charge in [-0.2, -0.15) is 0 Å². The molecule has 0 fully saturated rings. The molecular formula is C6H16O4. The molecule has 64 valence electrons. The predicted octanol–water partition coefficient (Wildman–Crippen LogP) is 0.00190. The number of hydrogen-bond acceptors (Lipinski definition) is 1. The second-order valence-corrected chi connectivity index (χ2v) is 1.85. The summed E-state index contributed by atoms with van der Waals surface area (Å²) in [5.41, 5.74) is 0. The van der Waals surface area contributed by atoms with Crippen molar-refractivity contribution >= 4 is 5.97 Å². The summed E-state index contributed by atoms with van der Waals surface area (Å²) in [6.07, 6.45) is 3.28. The third-order valence-electron chi connectivity index (χ3n) is 0.994. The van der Waals surface area contributed by atoms with E-state index in [9.17, 15) is 4.79 Å². The molecule has 0 amide bonds. The first-order valence-electron chi connectivity index (χ1n) is 2.99. The van der Waals surface area contributed by atoms with Crippen LogP contribution in [-0.2, 0) is 4.79 Å². The molecule has 0 aromatic carbocycles. The molecular weight excluding hydrogens is 136 g/mol. The second-order valence-electron chi connectivity index (χ2n) is 1.85. The average Bonchev–Trinajstić information content (AvgIpc) is 1.66. The Morgan fingerprint density at radius 1 is 1.30 bits per heavy atom. The zero-order valence-corrected chi connectivity index (χ0v) is 6.18. The Hall–Kier alpha value is -0.610. The number of hydrogen-bond donors (Lipinski definition) is 1. The van der Waals surface area contributed by atoms with E-state index in [0.717, 1.165) is 19.3 Å². The molecule has 0 unspecified atom stereocenters. The minimum absolute atomic E-state index is 0. The molecule has 0 rings (SSSR count). The van der Waals surface area contributed by atoms with Gasteiger partial charge in [0.2, 0.25) is 0 Å². The standard InChI is InChI=1S/C6H12O2.2H2O/c1-2-3-4-5-6(7)8;;/h2-5H2,1H3,(H,7,8);2*1H2. The van der Waals surface area contributed by atoms with E-state index >= 15 is 0 Å². The predicted molar refractivity (Wildman–Crippen MR) is 39.0 cm³/mol. The highest BCUT2D eigenvalue weighted by Crippen LogP contribution is 1.97. The van der Waals surface area contributed by atoms with E-state index in [-0.39, 0.29) is 11.0 Å². The van der Waals surface area contributed by atoms with Gasteiger partial charge >= 0.3 is 5.97 Å². The van der Waals surface area contributed by atoms with Crippen molar-refractivity contribution in [2.45, 2.75) is 32.6 Å². The molecule has 5 N–H and O–H groups in total. The van der Waals surface area contributed by atoms with Crippen molar-refractivity contribution in [3.8, 4) is 0 Å². The van der Waals surface area contributed by atoms with Crippen molar-refractivity contribution in [2.75, 3.05) is 0 Å². The van der Waals surface area contributed by atoms with Gasteiger partial charge in [-0.15, -0.1) is 0 Å². The number of unbranched alkanes of at least 4 members (excludes halogenated alkanes) is 2. The lowest BCUT2D eigenvalue weighted by Crippen LogP contribution is -1.92. The summed E-state index contributed by atoms with van der Waals surface area (Å²) in [5.74, 6) is -0.682. The van der Waals surface area contributed by atoms with Gasteiger partial charge in [-0.05, 0) is 6.42 Å². The highest BCUT2D eigenvalue weighted by molar-refractivity contribution is 5.66. The van der Waals surface area contributed by atoms with Gasteiger partial charge in [-0.1, -0.05) is 19.8 Å². The number of carboxylic acid groups (broad SMARTS) is 1. The lowest BCUT2D eigenvalue weighted by atomic mass is 10.2. The molecule has 0 spiro atoms. The molecule has 0 radical (unpaired) electrons. The van der Waals surface area contributed by atoms with E-state index < -0.39 is 5.97 Å². The number of aliphatic carboxylic acids is 1. The Balaban J connectivity index is -0.000000245. The van der Waals surface area contributed by atoms with Crippen LogP contribution in [-0.4, -0.2) is 22.0 Å². The molecule has 0 saturated carbocycles. The van der Waals surface area contributed by atoms with Gasteiger partial charge in [0.1, 0.15) is 0 Å². The molecule has 0 aliphatic rings. The van der Waals surface area contributed by atoms with Gasteiger partial charge in [0.25, 0.3) is 0 Å². The lowest BCUT2D eigenvalue weighted by molar-refractivity contribution is -0.137. The van der Waals surface area contributed by atoms with E-state index in [1.165, 1.54) is 0 Å². The fourth-order valence-corrected chi connectivity index (χ4v) is 0.526. The molecule has 4 heteroatoms. The van der Waals surface area contributed by atoms with Crippen molar-refractivity contribution in [3.05, 3.63) is 0 Å². The Morgan fingerprint density at radius 3 is 2.10 bits per heavy atom. The summed E-state index contributed by atoms with van der Waals surface area (Å²) >= 11 is 0. The van der Waals surface area contributed by atoms with Crippen LogP contribution in [0.4, 0.5) is 0 Å². The Morgan fingerprint density at radius 2 is 1.80 bits per heavy atom. The largest absolute Gasteiger partial charge is 0.481 e. The molecule has 0 saturated heterocycles. The van der Waals surface area contributed by atoms with Crippen molar-refractivity contribution in [2.24, 2.45) is 0 Å². The first-order chi connectivity index (χ1) is 3.77. The van der Waals surface area contributed by atoms with Crippen LogP contribution >= 0.6 is 0 Å². The minimum Gasteiger partial charge on any atom is -0.481 e. The van der Waals surface area contributed by atoms with Crippen LogP contribution in [0.25, 0.3) is 0 Å². The molecule has 0 aliphatic carbocycles. The normalized spacial score (nSPS) is 7.30. The zero-order chi connectivity index (χ0) is 6.41. The quantitative estimate of drug-likeness (QED) is 0.573. The van der Waals surface area contributed by atoms with Gasteiger partial charge in [-0.3, -0.25) is 4.79 Å². The van der Waals surface area contributed by atoms with E-state index in [2.05, 4.69) is 6.92 Å². The SMILES string of the molecule is CCCCCC(=O)O.O.O.